The molecule has 2 aromatic heterocycles. The van der Waals surface area contributed by atoms with Crippen molar-refractivity contribution in [2.75, 3.05) is 0 Å². The minimum Gasteiger partial charge on any atom is -0.334 e. The molecule has 0 fully saturated rings. The maximum Gasteiger partial charge on any atom is 0.258 e. The van der Waals surface area contributed by atoms with Crippen LogP contribution in [-0.2, 0) is 0 Å². The van der Waals surface area contributed by atoms with Gasteiger partial charge < -0.3 is 10.3 Å². The van der Waals surface area contributed by atoms with Crippen molar-refractivity contribution >= 4 is 10.9 Å². The van der Waals surface area contributed by atoms with E-state index in [2.05, 4.69) is 15.1 Å². The van der Waals surface area contributed by atoms with E-state index in [1.54, 1.807) is 6.20 Å². The normalized spacial score (nSPS) is 12.7. The van der Waals surface area contributed by atoms with Gasteiger partial charge in [0.25, 0.3) is 5.89 Å². The first-order valence-corrected chi connectivity index (χ1v) is 6.23. The summed E-state index contributed by atoms with van der Waals surface area (Å²) in [6.07, 6.45) is 2.51. The lowest BCUT2D eigenvalue weighted by atomic mass is 10.1. The predicted molar refractivity (Wildman–Crippen MR) is 72.3 cm³/mol. The summed E-state index contributed by atoms with van der Waals surface area (Å²) >= 11 is 0. The van der Waals surface area contributed by atoms with Crippen molar-refractivity contribution in [1.82, 2.24) is 15.1 Å². The van der Waals surface area contributed by atoms with Crippen LogP contribution in [0.2, 0.25) is 0 Å². The Labute approximate surface area is 110 Å². The number of aromatic nitrogens is 3. The van der Waals surface area contributed by atoms with Gasteiger partial charge in [-0.05, 0) is 18.6 Å². The van der Waals surface area contributed by atoms with Crippen molar-refractivity contribution in [2.45, 2.75) is 19.4 Å². The molecule has 96 valence electrons. The van der Waals surface area contributed by atoms with Crippen LogP contribution in [0.5, 0.6) is 0 Å². The zero-order chi connectivity index (χ0) is 13.2. The molecule has 0 radical (unpaired) electrons. The fourth-order valence-electron chi connectivity index (χ4n) is 1.96. The topological polar surface area (TPSA) is 77.8 Å². The van der Waals surface area contributed by atoms with Gasteiger partial charge in [0.1, 0.15) is 0 Å². The van der Waals surface area contributed by atoms with Crippen LogP contribution in [0.3, 0.4) is 0 Å². The summed E-state index contributed by atoms with van der Waals surface area (Å²) in [6.45, 7) is 1.99. The molecule has 3 aromatic rings. The fraction of sp³-hybridized carbons (Fsp3) is 0.214. The Balaban J connectivity index is 2.12. The number of pyridine rings is 1. The standard InChI is InChI=1S/C14H14N4O/c1-2-11(15)13-17-14(19-18-13)10-7-8-16-12-6-4-3-5-9(10)12/h3-8,11H,2,15H2,1H3. The van der Waals surface area contributed by atoms with Crippen LogP contribution in [0.25, 0.3) is 22.4 Å². The van der Waals surface area contributed by atoms with E-state index in [1.165, 1.54) is 0 Å². The summed E-state index contributed by atoms with van der Waals surface area (Å²) in [7, 11) is 0. The third-order valence-electron chi connectivity index (χ3n) is 3.09. The van der Waals surface area contributed by atoms with Crippen LogP contribution in [-0.4, -0.2) is 15.1 Å². The van der Waals surface area contributed by atoms with Gasteiger partial charge in [0.2, 0.25) is 0 Å². The Hall–Kier alpha value is -2.27. The summed E-state index contributed by atoms with van der Waals surface area (Å²) in [5.74, 6) is 1.02. The molecule has 1 unspecified atom stereocenters. The van der Waals surface area contributed by atoms with E-state index in [0.717, 1.165) is 22.9 Å². The maximum absolute atomic E-state index is 5.90. The zero-order valence-corrected chi connectivity index (χ0v) is 10.6. The summed E-state index contributed by atoms with van der Waals surface area (Å²) in [4.78, 5) is 8.68. The highest BCUT2D eigenvalue weighted by molar-refractivity contribution is 5.91. The largest absolute Gasteiger partial charge is 0.334 e. The van der Waals surface area contributed by atoms with E-state index in [-0.39, 0.29) is 6.04 Å². The van der Waals surface area contributed by atoms with Crippen molar-refractivity contribution in [2.24, 2.45) is 5.73 Å². The molecule has 1 aromatic carbocycles. The van der Waals surface area contributed by atoms with Gasteiger partial charge in [-0.2, -0.15) is 4.98 Å². The molecular formula is C14H14N4O. The first-order chi connectivity index (χ1) is 9.29. The molecule has 0 saturated heterocycles. The van der Waals surface area contributed by atoms with Crippen molar-refractivity contribution in [1.29, 1.82) is 0 Å². The first-order valence-electron chi connectivity index (χ1n) is 6.23. The number of rotatable bonds is 3. The van der Waals surface area contributed by atoms with Gasteiger partial charge in [-0.1, -0.05) is 30.3 Å². The maximum atomic E-state index is 5.90. The highest BCUT2D eigenvalue weighted by Crippen LogP contribution is 2.26. The quantitative estimate of drug-likeness (QED) is 0.777. The van der Waals surface area contributed by atoms with Gasteiger partial charge in [-0.25, -0.2) is 0 Å². The van der Waals surface area contributed by atoms with Gasteiger partial charge >= 0.3 is 0 Å². The number of nitrogens with two attached hydrogens (primary N) is 1. The molecular weight excluding hydrogens is 240 g/mol. The molecule has 0 aliphatic rings. The number of para-hydroxylation sites is 1. The highest BCUT2D eigenvalue weighted by Gasteiger charge is 2.15. The molecule has 0 aliphatic heterocycles. The molecule has 2 N–H and O–H groups in total. The van der Waals surface area contributed by atoms with Crippen molar-refractivity contribution < 1.29 is 4.52 Å². The number of benzene rings is 1. The number of hydrogen-bond acceptors (Lipinski definition) is 5. The number of nitrogens with zero attached hydrogens (tertiary/aromatic N) is 3. The molecule has 0 spiro atoms. The van der Waals surface area contributed by atoms with Crippen LogP contribution in [0, 0.1) is 0 Å². The highest BCUT2D eigenvalue weighted by atomic mass is 16.5. The minimum atomic E-state index is -0.189. The molecule has 0 aliphatic carbocycles. The zero-order valence-electron chi connectivity index (χ0n) is 10.6. The molecule has 2 heterocycles. The molecule has 5 nitrogen and oxygen atoms in total. The Kier molecular flexibility index (Phi) is 2.97. The van der Waals surface area contributed by atoms with Crippen LogP contribution in [0.4, 0.5) is 0 Å². The molecule has 5 heteroatoms. The molecule has 0 bridgehead atoms. The van der Waals surface area contributed by atoms with Crippen LogP contribution >= 0.6 is 0 Å². The van der Waals surface area contributed by atoms with Crippen LogP contribution in [0.1, 0.15) is 25.2 Å². The second kappa shape index (κ2) is 4.78. The number of fused-ring (bicyclic) bond motifs is 1. The number of hydrogen-bond donors (Lipinski definition) is 1. The average Bonchev–Trinajstić information content (AvgIpc) is 2.95. The minimum absolute atomic E-state index is 0.189. The fourth-order valence-corrected chi connectivity index (χ4v) is 1.96. The third kappa shape index (κ3) is 2.08. The summed E-state index contributed by atoms with van der Waals surface area (Å²) in [5.41, 5.74) is 7.69. The molecule has 3 rings (SSSR count). The van der Waals surface area contributed by atoms with E-state index in [0.29, 0.717) is 11.7 Å². The van der Waals surface area contributed by atoms with Gasteiger partial charge in [0.15, 0.2) is 5.82 Å². The van der Waals surface area contributed by atoms with E-state index in [9.17, 15) is 0 Å². The Morgan fingerprint density at radius 3 is 2.95 bits per heavy atom. The molecule has 1 atom stereocenters. The lowest BCUT2D eigenvalue weighted by Gasteiger charge is -2.01. The summed E-state index contributed by atoms with van der Waals surface area (Å²) in [5, 5.41) is 4.93. The second-order valence-electron chi connectivity index (χ2n) is 4.35. The monoisotopic (exact) mass is 254 g/mol. The third-order valence-corrected chi connectivity index (χ3v) is 3.09. The molecule has 0 amide bonds. The van der Waals surface area contributed by atoms with Gasteiger partial charge in [0, 0.05) is 11.6 Å². The summed E-state index contributed by atoms with van der Waals surface area (Å²) < 4.78 is 5.31. The second-order valence-corrected chi connectivity index (χ2v) is 4.35. The summed E-state index contributed by atoms with van der Waals surface area (Å²) in [6, 6.07) is 9.53. The SMILES string of the molecule is CCC(N)c1noc(-c2ccnc3ccccc23)n1. The van der Waals surface area contributed by atoms with Gasteiger partial charge in [0.05, 0.1) is 17.1 Å². The van der Waals surface area contributed by atoms with Gasteiger partial charge in [-0.15, -0.1) is 0 Å². The molecule has 0 saturated carbocycles. The van der Waals surface area contributed by atoms with Crippen molar-refractivity contribution in [3.05, 3.63) is 42.4 Å². The van der Waals surface area contributed by atoms with E-state index in [4.69, 9.17) is 10.3 Å². The van der Waals surface area contributed by atoms with Gasteiger partial charge in [-0.3, -0.25) is 4.98 Å². The Bertz CT molecular complexity index is 702. The van der Waals surface area contributed by atoms with E-state index < -0.39 is 0 Å². The molecule has 19 heavy (non-hydrogen) atoms. The smallest absolute Gasteiger partial charge is 0.258 e. The van der Waals surface area contributed by atoms with Crippen molar-refractivity contribution in [3.63, 3.8) is 0 Å². The Morgan fingerprint density at radius 2 is 2.11 bits per heavy atom. The van der Waals surface area contributed by atoms with Crippen molar-refractivity contribution in [3.8, 4) is 11.5 Å². The lowest BCUT2D eigenvalue weighted by molar-refractivity contribution is 0.415. The van der Waals surface area contributed by atoms with E-state index >= 15 is 0 Å². The first kappa shape index (κ1) is 11.8. The van der Waals surface area contributed by atoms with E-state index in [1.807, 2.05) is 37.3 Å². The Morgan fingerprint density at radius 1 is 1.26 bits per heavy atom. The lowest BCUT2D eigenvalue weighted by Crippen LogP contribution is -2.10. The van der Waals surface area contributed by atoms with Crippen LogP contribution in [0.15, 0.2) is 41.1 Å². The van der Waals surface area contributed by atoms with Crippen LogP contribution < -0.4 is 5.73 Å². The predicted octanol–water partition coefficient (Wildman–Crippen LogP) is 2.69. The average molecular weight is 254 g/mol.